The predicted molar refractivity (Wildman–Crippen MR) is 77.6 cm³/mol. The molecule has 2 aromatic rings. The van der Waals surface area contributed by atoms with Crippen molar-refractivity contribution >= 4 is 0 Å². The van der Waals surface area contributed by atoms with Gasteiger partial charge in [-0.25, -0.2) is 0 Å². The maximum absolute atomic E-state index is 5.40. The molecule has 1 N–H and O–H groups in total. The molecule has 0 atom stereocenters. The fourth-order valence-corrected chi connectivity index (χ4v) is 2.07. The van der Waals surface area contributed by atoms with Crippen LogP contribution in [0.2, 0.25) is 0 Å². The molecular weight excluding hydrogens is 252 g/mol. The summed E-state index contributed by atoms with van der Waals surface area (Å²) in [4.78, 5) is 13.0. The molecule has 0 bridgehead atoms. The van der Waals surface area contributed by atoms with Crippen molar-refractivity contribution in [3.8, 4) is 5.75 Å². The normalized spacial score (nSPS) is 10.6. The molecule has 0 amide bonds. The zero-order chi connectivity index (χ0) is 14.5. The highest BCUT2D eigenvalue weighted by Crippen LogP contribution is 2.23. The molecule has 0 aliphatic heterocycles. The lowest BCUT2D eigenvalue weighted by Gasteiger charge is -2.12. The smallest absolute Gasteiger partial charge is 0.128 e. The van der Waals surface area contributed by atoms with E-state index in [4.69, 9.17) is 4.74 Å². The van der Waals surface area contributed by atoms with Gasteiger partial charge in [-0.3, -0.25) is 15.0 Å². The minimum atomic E-state index is 0.671. The van der Waals surface area contributed by atoms with Crippen LogP contribution in [0.4, 0.5) is 0 Å². The molecule has 0 aliphatic carbocycles. The van der Waals surface area contributed by atoms with Gasteiger partial charge in [0.2, 0.25) is 0 Å². The highest BCUT2D eigenvalue weighted by molar-refractivity contribution is 5.40. The van der Waals surface area contributed by atoms with Crippen molar-refractivity contribution in [2.75, 3.05) is 7.11 Å². The molecule has 0 fully saturated rings. The quantitative estimate of drug-likeness (QED) is 0.903. The van der Waals surface area contributed by atoms with Crippen molar-refractivity contribution in [2.45, 2.75) is 33.9 Å². The first-order chi connectivity index (χ1) is 9.61. The van der Waals surface area contributed by atoms with Crippen molar-refractivity contribution < 1.29 is 4.74 Å². The van der Waals surface area contributed by atoms with Gasteiger partial charge in [-0.2, -0.15) is 0 Å². The summed E-state index contributed by atoms with van der Waals surface area (Å²) >= 11 is 0. The Morgan fingerprint density at radius 1 is 1.00 bits per heavy atom. The van der Waals surface area contributed by atoms with Crippen LogP contribution in [0.15, 0.2) is 18.6 Å². The molecule has 2 aromatic heterocycles. The van der Waals surface area contributed by atoms with Crippen LogP contribution in [0.25, 0.3) is 0 Å². The number of aryl methyl sites for hydroxylation is 2. The van der Waals surface area contributed by atoms with E-state index in [1.54, 1.807) is 19.5 Å². The van der Waals surface area contributed by atoms with E-state index in [1.807, 2.05) is 27.0 Å². The second-order valence-electron chi connectivity index (χ2n) is 4.80. The largest absolute Gasteiger partial charge is 0.496 e. The molecule has 5 nitrogen and oxygen atoms in total. The number of methoxy groups -OCH3 is 1. The fourth-order valence-electron chi connectivity index (χ4n) is 2.07. The van der Waals surface area contributed by atoms with Crippen molar-refractivity contribution in [1.29, 1.82) is 0 Å². The van der Waals surface area contributed by atoms with E-state index in [0.717, 1.165) is 34.0 Å². The lowest BCUT2D eigenvalue weighted by molar-refractivity contribution is 0.406. The Labute approximate surface area is 119 Å². The maximum Gasteiger partial charge on any atom is 0.128 e. The van der Waals surface area contributed by atoms with Crippen LogP contribution in [0.5, 0.6) is 5.75 Å². The lowest BCUT2D eigenvalue weighted by atomic mass is 10.1. The first-order valence-electron chi connectivity index (χ1n) is 6.59. The number of aromatic nitrogens is 3. The third kappa shape index (κ3) is 3.30. The summed E-state index contributed by atoms with van der Waals surface area (Å²) < 4.78 is 5.40. The summed E-state index contributed by atoms with van der Waals surface area (Å²) in [5, 5.41) is 3.33. The number of ether oxygens (including phenoxy) is 1. The molecule has 0 spiro atoms. The highest BCUT2D eigenvalue weighted by atomic mass is 16.5. The minimum absolute atomic E-state index is 0.671. The summed E-state index contributed by atoms with van der Waals surface area (Å²) in [5.74, 6) is 0.909. The van der Waals surface area contributed by atoms with Gasteiger partial charge in [-0.05, 0) is 20.8 Å². The van der Waals surface area contributed by atoms with E-state index >= 15 is 0 Å². The molecule has 0 saturated carbocycles. The van der Waals surface area contributed by atoms with Gasteiger partial charge >= 0.3 is 0 Å². The number of hydrogen-bond acceptors (Lipinski definition) is 5. The molecule has 2 heterocycles. The summed E-state index contributed by atoms with van der Waals surface area (Å²) in [6, 6.07) is 0. The first kappa shape index (κ1) is 14.4. The lowest BCUT2D eigenvalue weighted by Crippen LogP contribution is -2.16. The zero-order valence-corrected chi connectivity index (χ0v) is 12.4. The zero-order valence-electron chi connectivity index (χ0n) is 12.4. The summed E-state index contributed by atoms with van der Waals surface area (Å²) in [7, 11) is 1.69. The molecule has 2 rings (SSSR count). The fraction of sp³-hybridized carbons (Fsp3) is 0.400. The first-order valence-corrected chi connectivity index (χ1v) is 6.59. The van der Waals surface area contributed by atoms with Crippen LogP contribution in [-0.4, -0.2) is 22.1 Å². The van der Waals surface area contributed by atoms with E-state index in [1.165, 1.54) is 0 Å². The van der Waals surface area contributed by atoms with Crippen molar-refractivity contribution in [3.05, 3.63) is 46.8 Å². The molecule has 0 unspecified atom stereocenters. The minimum Gasteiger partial charge on any atom is -0.496 e. The van der Waals surface area contributed by atoms with E-state index < -0.39 is 0 Å². The molecular formula is C15H20N4O. The summed E-state index contributed by atoms with van der Waals surface area (Å²) in [6.07, 6.45) is 5.41. The summed E-state index contributed by atoms with van der Waals surface area (Å²) in [5.41, 5.74) is 4.97. The van der Waals surface area contributed by atoms with Gasteiger partial charge in [0, 0.05) is 42.8 Å². The van der Waals surface area contributed by atoms with E-state index in [-0.39, 0.29) is 0 Å². The van der Waals surface area contributed by atoms with Crippen LogP contribution in [0, 0.1) is 20.8 Å². The topological polar surface area (TPSA) is 59.9 Å². The molecule has 0 aliphatic rings. The molecule has 0 radical (unpaired) electrons. The monoisotopic (exact) mass is 272 g/mol. The second kappa shape index (κ2) is 6.43. The second-order valence-corrected chi connectivity index (χ2v) is 4.80. The summed E-state index contributed by atoms with van der Waals surface area (Å²) in [6.45, 7) is 7.30. The van der Waals surface area contributed by atoms with Crippen LogP contribution < -0.4 is 10.1 Å². The SMILES string of the molecule is COc1c(C)cnc(CNCc2cnc(C)cn2)c1C. The van der Waals surface area contributed by atoms with Gasteiger partial charge in [0.15, 0.2) is 0 Å². The molecule has 5 heteroatoms. The van der Waals surface area contributed by atoms with Gasteiger partial charge in [-0.1, -0.05) is 0 Å². The van der Waals surface area contributed by atoms with Gasteiger partial charge in [0.1, 0.15) is 5.75 Å². The molecule has 0 saturated heterocycles. The Morgan fingerprint density at radius 2 is 1.80 bits per heavy atom. The Kier molecular flexibility index (Phi) is 4.63. The number of pyridine rings is 1. The van der Waals surface area contributed by atoms with E-state index in [0.29, 0.717) is 13.1 Å². The Balaban J connectivity index is 1.99. The number of nitrogens with one attached hydrogen (secondary N) is 1. The third-order valence-corrected chi connectivity index (χ3v) is 3.18. The van der Waals surface area contributed by atoms with Gasteiger partial charge in [-0.15, -0.1) is 0 Å². The maximum atomic E-state index is 5.40. The number of hydrogen-bond donors (Lipinski definition) is 1. The average Bonchev–Trinajstić information content (AvgIpc) is 2.44. The molecule has 20 heavy (non-hydrogen) atoms. The predicted octanol–water partition coefficient (Wildman–Crippen LogP) is 2.10. The highest BCUT2D eigenvalue weighted by Gasteiger charge is 2.09. The molecule has 0 aromatic carbocycles. The number of nitrogens with zero attached hydrogens (tertiary/aromatic N) is 3. The van der Waals surface area contributed by atoms with Crippen molar-refractivity contribution in [2.24, 2.45) is 0 Å². The standard InChI is InChI=1S/C15H20N4O/c1-10-5-19-14(12(3)15(10)20-4)9-16-7-13-8-17-11(2)6-18-13/h5-6,8,16H,7,9H2,1-4H3. The van der Waals surface area contributed by atoms with E-state index in [9.17, 15) is 0 Å². The van der Waals surface area contributed by atoms with Gasteiger partial charge in [0.25, 0.3) is 0 Å². The van der Waals surface area contributed by atoms with E-state index in [2.05, 4.69) is 20.3 Å². The average molecular weight is 272 g/mol. The Bertz CT molecular complexity index is 581. The van der Waals surface area contributed by atoms with Crippen LogP contribution >= 0.6 is 0 Å². The third-order valence-electron chi connectivity index (χ3n) is 3.18. The molecule has 106 valence electrons. The van der Waals surface area contributed by atoms with Gasteiger partial charge in [0.05, 0.1) is 24.2 Å². The number of rotatable bonds is 5. The Hall–Kier alpha value is -2.01. The van der Waals surface area contributed by atoms with Gasteiger partial charge < -0.3 is 10.1 Å². The van der Waals surface area contributed by atoms with Crippen molar-refractivity contribution in [3.63, 3.8) is 0 Å². The Morgan fingerprint density at radius 3 is 2.45 bits per heavy atom. The van der Waals surface area contributed by atoms with Crippen LogP contribution in [-0.2, 0) is 13.1 Å². The van der Waals surface area contributed by atoms with Crippen LogP contribution in [0.3, 0.4) is 0 Å². The van der Waals surface area contributed by atoms with Crippen molar-refractivity contribution in [1.82, 2.24) is 20.3 Å². The van der Waals surface area contributed by atoms with Crippen LogP contribution in [0.1, 0.15) is 28.2 Å².